The van der Waals surface area contributed by atoms with E-state index in [9.17, 15) is 4.79 Å². The van der Waals surface area contributed by atoms with Gasteiger partial charge in [0.25, 0.3) is 0 Å². The highest BCUT2D eigenvalue weighted by molar-refractivity contribution is 5.78. The van der Waals surface area contributed by atoms with Crippen molar-refractivity contribution in [3.8, 4) is 0 Å². The smallest absolute Gasteiger partial charge is 0.224 e. The van der Waals surface area contributed by atoms with Crippen LogP contribution in [0.15, 0.2) is 0 Å². The maximum absolute atomic E-state index is 12.6. The summed E-state index contributed by atoms with van der Waals surface area (Å²) in [5.41, 5.74) is 6.24. The monoisotopic (exact) mass is 351 g/mol. The Morgan fingerprint density at radius 3 is 2.88 bits per heavy atom. The average molecular weight is 351 g/mol. The van der Waals surface area contributed by atoms with Crippen LogP contribution in [0.25, 0.3) is 0 Å². The van der Waals surface area contributed by atoms with E-state index in [1.54, 1.807) is 0 Å². The zero-order valence-corrected chi connectivity index (χ0v) is 14.7. The fourth-order valence-electron chi connectivity index (χ4n) is 3.71. The summed E-state index contributed by atoms with van der Waals surface area (Å²) < 4.78 is 5.46. The highest BCUT2D eigenvalue weighted by Gasteiger charge is 2.31. The van der Waals surface area contributed by atoms with Crippen LogP contribution in [0.3, 0.4) is 0 Å². The number of rotatable bonds is 6. The molecule has 0 saturated carbocycles. The van der Waals surface area contributed by atoms with Crippen LogP contribution in [-0.2, 0) is 16.0 Å². The third kappa shape index (κ3) is 5.45. The number of aromatic nitrogens is 4. The predicted molar refractivity (Wildman–Crippen MR) is 91.6 cm³/mol. The van der Waals surface area contributed by atoms with E-state index < -0.39 is 0 Å². The van der Waals surface area contributed by atoms with Crippen LogP contribution in [0, 0.1) is 5.92 Å². The van der Waals surface area contributed by atoms with Crippen LogP contribution < -0.4 is 11.1 Å². The Morgan fingerprint density at radius 1 is 1.28 bits per heavy atom. The van der Waals surface area contributed by atoms with Gasteiger partial charge in [-0.2, -0.15) is 5.21 Å². The molecule has 2 atom stereocenters. The van der Waals surface area contributed by atoms with E-state index >= 15 is 0 Å². The largest absolute Gasteiger partial charge is 0.381 e. The van der Waals surface area contributed by atoms with Gasteiger partial charge in [-0.3, -0.25) is 9.69 Å². The molecule has 0 aliphatic carbocycles. The maximum atomic E-state index is 12.6. The summed E-state index contributed by atoms with van der Waals surface area (Å²) >= 11 is 0. The minimum absolute atomic E-state index is 0.0153. The van der Waals surface area contributed by atoms with Gasteiger partial charge in [0.05, 0.1) is 5.92 Å². The van der Waals surface area contributed by atoms with Crippen molar-refractivity contribution in [3.63, 3.8) is 0 Å². The number of nitrogens with one attached hydrogen (secondary N) is 2. The normalized spacial score (nSPS) is 26.3. The molecule has 9 nitrogen and oxygen atoms in total. The van der Waals surface area contributed by atoms with Crippen LogP contribution in [0.1, 0.15) is 37.9 Å². The summed E-state index contributed by atoms with van der Waals surface area (Å²) in [6.45, 7) is 3.93. The van der Waals surface area contributed by atoms with Crippen LogP contribution in [0.5, 0.6) is 0 Å². The first-order valence-corrected chi connectivity index (χ1v) is 9.30. The van der Waals surface area contributed by atoms with Gasteiger partial charge < -0.3 is 15.8 Å². The lowest BCUT2D eigenvalue weighted by Gasteiger charge is -2.35. The molecule has 0 radical (unpaired) electrons. The number of carbonyl (C=O) groups is 1. The van der Waals surface area contributed by atoms with Gasteiger partial charge in [-0.1, -0.05) is 5.21 Å². The highest BCUT2D eigenvalue weighted by atomic mass is 16.5. The van der Waals surface area contributed by atoms with E-state index in [4.69, 9.17) is 10.5 Å². The molecule has 2 aliphatic heterocycles. The molecule has 3 heterocycles. The van der Waals surface area contributed by atoms with Crippen LogP contribution in [0.2, 0.25) is 0 Å². The fraction of sp³-hybridized carbons (Fsp3) is 0.875. The van der Waals surface area contributed by atoms with Gasteiger partial charge in [-0.05, 0) is 32.1 Å². The van der Waals surface area contributed by atoms with Crippen molar-refractivity contribution in [2.75, 3.05) is 32.8 Å². The third-order valence-electron chi connectivity index (χ3n) is 5.15. The Hall–Kier alpha value is -1.58. The van der Waals surface area contributed by atoms with E-state index in [2.05, 4.69) is 30.8 Å². The average Bonchev–Trinajstić information content (AvgIpc) is 3.07. The number of aryl methyl sites for hydroxylation is 1. The molecule has 25 heavy (non-hydrogen) atoms. The molecule has 2 saturated heterocycles. The van der Waals surface area contributed by atoms with E-state index in [-0.39, 0.29) is 17.9 Å². The second kappa shape index (κ2) is 9.21. The van der Waals surface area contributed by atoms with Crippen molar-refractivity contribution in [3.05, 3.63) is 5.82 Å². The van der Waals surface area contributed by atoms with Crippen molar-refractivity contribution in [1.29, 1.82) is 0 Å². The molecule has 0 bridgehead atoms. The molecule has 2 aliphatic rings. The molecule has 3 rings (SSSR count). The van der Waals surface area contributed by atoms with Crippen molar-refractivity contribution < 1.29 is 9.53 Å². The molecule has 0 spiro atoms. The van der Waals surface area contributed by atoms with Gasteiger partial charge in [0.2, 0.25) is 5.91 Å². The first-order chi connectivity index (χ1) is 12.2. The number of nitrogens with zero attached hydrogens (tertiary/aromatic N) is 4. The Kier molecular flexibility index (Phi) is 6.71. The number of H-pyrrole nitrogens is 1. The summed E-state index contributed by atoms with van der Waals surface area (Å²) in [4.78, 5) is 15.0. The molecule has 2 fully saturated rings. The Morgan fingerprint density at radius 2 is 2.12 bits per heavy atom. The maximum Gasteiger partial charge on any atom is 0.224 e. The van der Waals surface area contributed by atoms with E-state index in [1.165, 1.54) is 0 Å². The zero-order valence-electron chi connectivity index (χ0n) is 14.7. The predicted octanol–water partition coefficient (Wildman–Crippen LogP) is -0.533. The Bertz CT molecular complexity index is 519. The second-order valence-electron chi connectivity index (χ2n) is 7.05. The first kappa shape index (κ1) is 18.2. The van der Waals surface area contributed by atoms with Gasteiger partial charge in [0.1, 0.15) is 0 Å². The molecular weight excluding hydrogens is 322 g/mol. The minimum Gasteiger partial charge on any atom is -0.381 e. The molecule has 9 heteroatoms. The molecule has 140 valence electrons. The number of amides is 1. The molecule has 1 amide bonds. The Labute approximate surface area is 148 Å². The fourth-order valence-corrected chi connectivity index (χ4v) is 3.71. The summed E-state index contributed by atoms with van der Waals surface area (Å²) in [6, 6.07) is 0.644. The minimum atomic E-state index is 0.0153. The summed E-state index contributed by atoms with van der Waals surface area (Å²) in [7, 11) is 0. The molecular formula is C16H29N7O2. The zero-order chi connectivity index (χ0) is 17.5. The second-order valence-corrected chi connectivity index (χ2v) is 7.05. The van der Waals surface area contributed by atoms with E-state index in [0.29, 0.717) is 24.8 Å². The van der Waals surface area contributed by atoms with Crippen molar-refractivity contribution in [2.45, 2.75) is 50.6 Å². The molecule has 0 aromatic carbocycles. The lowest BCUT2D eigenvalue weighted by Crippen LogP contribution is -2.47. The molecule has 0 unspecified atom stereocenters. The van der Waals surface area contributed by atoms with Crippen molar-refractivity contribution in [2.24, 2.45) is 11.7 Å². The topological polar surface area (TPSA) is 122 Å². The standard InChI is InChI=1S/C16H29N7O2/c17-13-4-3-12(10-23(11-13)14-5-8-25-9-6-14)16(24)18-7-1-2-15-19-21-22-20-15/h12-14H,1-11,17H2,(H,18,24)(H,19,20,21,22)/t12-,13+/m1/s1. The van der Waals surface area contributed by atoms with Crippen LogP contribution >= 0.6 is 0 Å². The lowest BCUT2D eigenvalue weighted by molar-refractivity contribution is -0.125. The number of ether oxygens (including phenoxy) is 1. The van der Waals surface area contributed by atoms with Gasteiger partial charge in [-0.15, -0.1) is 10.2 Å². The number of aromatic amines is 1. The number of likely N-dealkylation sites (tertiary alicyclic amines) is 1. The Balaban J connectivity index is 1.46. The SMILES string of the molecule is N[C@H]1CC[C@@H](C(=O)NCCCc2nn[nH]n2)CN(C2CCOCC2)C1. The summed E-state index contributed by atoms with van der Waals surface area (Å²) in [5.74, 6) is 0.834. The lowest BCUT2D eigenvalue weighted by atomic mass is 10.0. The van der Waals surface area contributed by atoms with Crippen LogP contribution in [0.4, 0.5) is 0 Å². The van der Waals surface area contributed by atoms with Crippen LogP contribution in [-0.4, -0.2) is 76.4 Å². The number of carbonyl (C=O) groups excluding carboxylic acids is 1. The molecule has 1 aromatic heterocycles. The number of tetrazole rings is 1. The highest BCUT2D eigenvalue weighted by Crippen LogP contribution is 2.22. The van der Waals surface area contributed by atoms with Gasteiger partial charge in [0.15, 0.2) is 5.82 Å². The third-order valence-corrected chi connectivity index (χ3v) is 5.15. The summed E-state index contributed by atoms with van der Waals surface area (Å²) in [5, 5.41) is 16.9. The van der Waals surface area contributed by atoms with Gasteiger partial charge in [-0.25, -0.2) is 0 Å². The summed E-state index contributed by atoms with van der Waals surface area (Å²) in [6.07, 6.45) is 5.34. The van der Waals surface area contributed by atoms with E-state index in [1.807, 2.05) is 0 Å². The molecule has 1 aromatic rings. The molecule has 4 N–H and O–H groups in total. The van der Waals surface area contributed by atoms with E-state index in [0.717, 1.165) is 58.4 Å². The number of nitrogens with two attached hydrogens (primary N) is 1. The van der Waals surface area contributed by atoms with Crippen molar-refractivity contribution >= 4 is 5.91 Å². The van der Waals surface area contributed by atoms with Gasteiger partial charge >= 0.3 is 0 Å². The number of hydrogen-bond donors (Lipinski definition) is 3. The van der Waals surface area contributed by atoms with Gasteiger partial charge in [0, 0.05) is 51.4 Å². The quantitative estimate of drug-likeness (QED) is 0.589. The van der Waals surface area contributed by atoms with Crippen molar-refractivity contribution in [1.82, 2.24) is 30.8 Å². The number of hydrogen-bond acceptors (Lipinski definition) is 7. The first-order valence-electron chi connectivity index (χ1n) is 9.30.